The van der Waals surface area contributed by atoms with E-state index in [9.17, 15) is 0 Å². The normalized spacial score (nSPS) is 27.1. The van der Waals surface area contributed by atoms with E-state index < -0.39 is 0 Å². The molecule has 0 spiro atoms. The number of rotatable bonds is 0. The summed E-state index contributed by atoms with van der Waals surface area (Å²) in [6, 6.07) is 0. The van der Waals surface area contributed by atoms with Crippen LogP contribution in [-0.2, 0) is 17.4 Å². The van der Waals surface area contributed by atoms with E-state index in [4.69, 9.17) is 0 Å². The van der Waals surface area contributed by atoms with Crippen molar-refractivity contribution in [3.8, 4) is 0 Å². The van der Waals surface area contributed by atoms with Crippen LogP contribution in [0.1, 0.15) is 69.2 Å². The number of hydrogen-bond acceptors (Lipinski definition) is 0. The minimum Gasteiger partial charge on any atom is -0.0579 e. The molecule has 2 rings (SSSR count). The van der Waals surface area contributed by atoms with Crippen molar-refractivity contribution >= 4 is 0 Å². The Morgan fingerprint density at radius 2 is 0.286 bits per heavy atom. The molecule has 0 atom stereocenters. The molecule has 0 nitrogen and oxygen atoms in total. The van der Waals surface area contributed by atoms with Gasteiger partial charge in [-0.25, -0.2) is 0 Å². The van der Waals surface area contributed by atoms with Crippen LogP contribution in [0, 0.1) is 59.2 Å². The van der Waals surface area contributed by atoms with Gasteiger partial charge in [0.2, 0.25) is 0 Å². The molecule has 114 valence electrons. The first kappa shape index (κ1) is 21.5. The molecule has 2 fully saturated rings. The zero-order chi connectivity index (χ0) is 15.8. The molecule has 0 N–H and O–H groups in total. The average Bonchev–Trinajstić information content (AvgIpc) is 2.71. The first-order valence-electron chi connectivity index (χ1n) is 7.50. The summed E-state index contributed by atoms with van der Waals surface area (Å²) in [7, 11) is 0. The van der Waals surface area contributed by atoms with Crippen molar-refractivity contribution in [1.29, 1.82) is 0 Å². The van der Waals surface area contributed by atoms with Gasteiger partial charge in [0.1, 0.15) is 0 Å². The second kappa shape index (κ2) is 8.40. The second-order valence-corrected chi connectivity index (χ2v) is 6.25. The molecule has 2 saturated carbocycles. The number of hydrogen-bond donors (Lipinski definition) is 0. The summed E-state index contributed by atoms with van der Waals surface area (Å²) >= 11 is 0. The summed E-state index contributed by atoms with van der Waals surface area (Å²) < 4.78 is 0. The van der Waals surface area contributed by atoms with Gasteiger partial charge >= 0.3 is 17.4 Å². The molecule has 0 unspecified atom stereocenters. The minimum atomic E-state index is 0. The van der Waals surface area contributed by atoms with Crippen LogP contribution in [0.4, 0.5) is 0 Å². The van der Waals surface area contributed by atoms with Gasteiger partial charge < -0.3 is 0 Å². The van der Waals surface area contributed by atoms with Gasteiger partial charge in [0.05, 0.1) is 0 Å². The Labute approximate surface area is 146 Å². The molecule has 2 aliphatic rings. The van der Waals surface area contributed by atoms with Gasteiger partial charge in [0.15, 0.2) is 0 Å². The summed E-state index contributed by atoms with van der Waals surface area (Å²) in [6.45, 7) is 22.0. The van der Waals surface area contributed by atoms with Gasteiger partial charge in [-0.05, 0) is 59.2 Å². The van der Waals surface area contributed by atoms with Gasteiger partial charge in [-0.3, -0.25) is 0 Å². The van der Waals surface area contributed by atoms with Crippen LogP contribution in [0.15, 0.2) is 0 Å². The van der Waals surface area contributed by atoms with Gasteiger partial charge in [-0.2, -0.15) is 0 Å². The van der Waals surface area contributed by atoms with Gasteiger partial charge in [0, 0.05) is 0 Å². The molecule has 2 aliphatic carbocycles. The van der Waals surface area contributed by atoms with Crippen LogP contribution < -0.4 is 0 Å². The van der Waals surface area contributed by atoms with Crippen molar-refractivity contribution in [2.75, 3.05) is 0 Å². The average molecular weight is 322 g/mol. The van der Waals surface area contributed by atoms with E-state index in [0.29, 0.717) is 0 Å². The van der Waals surface area contributed by atoms with Crippen LogP contribution in [0.5, 0.6) is 0 Å². The molecular weight excluding hydrogens is 292 g/mol. The topological polar surface area (TPSA) is 0 Å². The Kier molecular flexibility index (Phi) is 8.62. The monoisotopic (exact) mass is 322 g/mol. The summed E-state index contributed by atoms with van der Waals surface area (Å²) in [6.07, 6.45) is 0. The first-order valence-corrected chi connectivity index (χ1v) is 7.50. The van der Waals surface area contributed by atoms with Crippen LogP contribution in [-0.4, -0.2) is 0 Å². The Morgan fingerprint density at radius 3 is 0.333 bits per heavy atom. The molecule has 0 heterocycles. The molecule has 0 aliphatic heterocycles. The molecular formula is C20H30Cr+2. The largest absolute Gasteiger partial charge is 2.00 e. The first-order chi connectivity index (χ1) is 9.11. The fourth-order valence-corrected chi connectivity index (χ4v) is 2.81. The fourth-order valence-electron chi connectivity index (χ4n) is 2.81. The van der Waals surface area contributed by atoms with Gasteiger partial charge in [-0.15, -0.1) is 0 Å². The van der Waals surface area contributed by atoms with Crippen LogP contribution in [0.3, 0.4) is 0 Å². The maximum atomic E-state index is 2.20. The predicted molar refractivity (Wildman–Crippen MR) is 89.2 cm³/mol. The zero-order valence-electron chi connectivity index (χ0n) is 15.4. The van der Waals surface area contributed by atoms with E-state index in [1.165, 1.54) is 59.2 Å². The Morgan fingerprint density at radius 1 is 0.238 bits per heavy atom. The van der Waals surface area contributed by atoms with Crippen molar-refractivity contribution in [1.82, 2.24) is 0 Å². The van der Waals surface area contributed by atoms with Crippen LogP contribution in [0.2, 0.25) is 0 Å². The third-order valence-corrected chi connectivity index (χ3v) is 5.62. The van der Waals surface area contributed by atoms with Crippen LogP contribution >= 0.6 is 0 Å². The third kappa shape index (κ3) is 4.29. The molecule has 21 heavy (non-hydrogen) atoms. The molecule has 10 radical (unpaired) electrons. The maximum absolute atomic E-state index is 2.20. The molecule has 0 saturated heterocycles. The summed E-state index contributed by atoms with van der Waals surface area (Å²) in [5.41, 5.74) is 0. The minimum absolute atomic E-state index is 0. The summed E-state index contributed by atoms with van der Waals surface area (Å²) in [5, 5.41) is 0. The summed E-state index contributed by atoms with van der Waals surface area (Å²) in [4.78, 5) is 0. The molecule has 0 aromatic rings. The quantitative estimate of drug-likeness (QED) is 0.517. The van der Waals surface area contributed by atoms with E-state index in [0.717, 1.165) is 0 Å². The van der Waals surface area contributed by atoms with Gasteiger partial charge in [0.25, 0.3) is 0 Å². The standard InChI is InChI=1S/2C10H15.Cr/c2*1-6-7(2)9(4)10(5)8(6)3;/h2*1-5H3;/q;;+2. The molecule has 0 aromatic carbocycles. The molecule has 0 bridgehead atoms. The summed E-state index contributed by atoms with van der Waals surface area (Å²) in [5.74, 6) is 14.7. The zero-order valence-corrected chi connectivity index (χ0v) is 16.7. The van der Waals surface area contributed by atoms with Crippen molar-refractivity contribution < 1.29 is 17.4 Å². The SMILES string of the molecule is C[C]1[C](C)[C](C)[C](C)[C]1C.C[C]1[C](C)[C](C)[C](C)[C]1C.[Cr+2]. The molecule has 1 heteroatoms. The predicted octanol–water partition coefficient (Wildman–Crippen LogP) is 5.94. The van der Waals surface area contributed by atoms with E-state index >= 15 is 0 Å². The Bertz CT molecular complexity index is 181. The third-order valence-electron chi connectivity index (χ3n) is 5.62. The van der Waals surface area contributed by atoms with Crippen molar-refractivity contribution in [3.05, 3.63) is 59.2 Å². The van der Waals surface area contributed by atoms with E-state index in [1.54, 1.807) is 0 Å². The Hall–Kier alpha value is 0.532. The Balaban J connectivity index is 0.000000364. The van der Waals surface area contributed by atoms with Gasteiger partial charge in [-0.1, -0.05) is 69.2 Å². The fraction of sp³-hybridized carbons (Fsp3) is 0.500. The van der Waals surface area contributed by atoms with Crippen molar-refractivity contribution in [2.45, 2.75) is 69.2 Å². The second-order valence-electron chi connectivity index (χ2n) is 6.25. The van der Waals surface area contributed by atoms with E-state index in [2.05, 4.69) is 69.2 Å². The molecule has 0 amide bonds. The van der Waals surface area contributed by atoms with Crippen molar-refractivity contribution in [2.24, 2.45) is 0 Å². The van der Waals surface area contributed by atoms with Crippen molar-refractivity contribution in [3.63, 3.8) is 0 Å². The van der Waals surface area contributed by atoms with E-state index in [1.807, 2.05) is 0 Å². The smallest absolute Gasteiger partial charge is 0.0579 e. The van der Waals surface area contributed by atoms with E-state index in [-0.39, 0.29) is 17.4 Å². The van der Waals surface area contributed by atoms with Crippen LogP contribution in [0.25, 0.3) is 0 Å². The maximum Gasteiger partial charge on any atom is 2.00 e. The molecule has 0 aromatic heterocycles.